The molecule has 0 aliphatic heterocycles. The molecule has 1 rings (SSSR count). The van der Waals surface area contributed by atoms with Crippen LogP contribution in [0.2, 0.25) is 5.02 Å². The van der Waals surface area contributed by atoms with Crippen LogP contribution in [0.1, 0.15) is 0 Å². The zero-order chi connectivity index (χ0) is 11.8. The summed E-state index contributed by atoms with van der Waals surface area (Å²) in [5.41, 5.74) is 1.12. The minimum absolute atomic E-state index is 0.192. The van der Waals surface area contributed by atoms with E-state index in [2.05, 4.69) is 10.6 Å². The van der Waals surface area contributed by atoms with Crippen LogP contribution >= 0.6 is 11.6 Å². The van der Waals surface area contributed by atoms with Crippen LogP contribution in [0.4, 0.5) is 5.69 Å². The van der Waals surface area contributed by atoms with Gasteiger partial charge in [0.2, 0.25) is 6.41 Å². The lowest BCUT2D eigenvalue weighted by atomic mass is 10.3. The number of benzene rings is 1. The molecule has 0 radical (unpaired) electrons. The van der Waals surface area contributed by atoms with Crippen molar-refractivity contribution in [2.24, 2.45) is 0 Å². The zero-order valence-corrected chi connectivity index (χ0v) is 9.16. The maximum Gasteiger partial charge on any atom is 0.207 e. The fraction of sp³-hybridized carbons (Fsp3) is 0.0909. The highest BCUT2D eigenvalue weighted by atomic mass is 35.5. The Bertz CT molecular complexity index is 437. The molecule has 0 fully saturated rings. The van der Waals surface area contributed by atoms with Gasteiger partial charge in [-0.15, -0.1) is 0 Å². The number of hydrogen-bond acceptors (Lipinski definition) is 3. The maximum atomic E-state index is 10.1. The lowest BCUT2D eigenvalue weighted by Gasteiger charge is -2.04. The highest BCUT2D eigenvalue weighted by Gasteiger charge is 1.97. The number of nitrogens with one attached hydrogen (secondary N) is 2. The van der Waals surface area contributed by atoms with E-state index in [9.17, 15) is 4.79 Å². The normalized spacial score (nSPS) is 10.4. The van der Waals surface area contributed by atoms with Crippen LogP contribution < -0.4 is 10.6 Å². The Balaban J connectivity index is 2.67. The summed E-state index contributed by atoms with van der Waals surface area (Å²) < 4.78 is 0. The smallest absolute Gasteiger partial charge is 0.207 e. The molecule has 0 heterocycles. The average Bonchev–Trinajstić information content (AvgIpc) is 2.31. The van der Waals surface area contributed by atoms with Crippen molar-refractivity contribution in [2.75, 3.05) is 11.9 Å². The van der Waals surface area contributed by atoms with Gasteiger partial charge in [0.05, 0.1) is 28.9 Å². The van der Waals surface area contributed by atoms with Crippen molar-refractivity contribution in [1.82, 2.24) is 5.32 Å². The van der Waals surface area contributed by atoms with Crippen LogP contribution in [-0.2, 0) is 4.79 Å². The van der Waals surface area contributed by atoms with Crippen molar-refractivity contribution >= 4 is 23.7 Å². The second kappa shape index (κ2) is 6.49. The number of amides is 1. The third kappa shape index (κ3) is 3.64. The fourth-order valence-corrected chi connectivity index (χ4v) is 1.21. The van der Waals surface area contributed by atoms with E-state index < -0.39 is 0 Å². The molecular formula is C11H10ClN3O. The van der Waals surface area contributed by atoms with E-state index in [-0.39, 0.29) is 6.54 Å². The van der Waals surface area contributed by atoms with Gasteiger partial charge in [-0.3, -0.25) is 4.79 Å². The van der Waals surface area contributed by atoms with E-state index in [4.69, 9.17) is 16.9 Å². The van der Waals surface area contributed by atoms with E-state index in [0.29, 0.717) is 22.7 Å². The van der Waals surface area contributed by atoms with Crippen LogP contribution in [0.25, 0.3) is 0 Å². The van der Waals surface area contributed by atoms with Crippen molar-refractivity contribution in [2.45, 2.75) is 0 Å². The van der Waals surface area contributed by atoms with Gasteiger partial charge >= 0.3 is 0 Å². The molecule has 0 bridgehead atoms. The molecule has 16 heavy (non-hydrogen) atoms. The molecule has 0 aliphatic carbocycles. The first-order chi connectivity index (χ1) is 7.77. The van der Waals surface area contributed by atoms with Crippen molar-refractivity contribution in [3.8, 4) is 6.07 Å². The summed E-state index contributed by atoms with van der Waals surface area (Å²) in [7, 11) is 0. The molecule has 0 spiro atoms. The molecule has 0 aromatic heterocycles. The number of nitrogens with zero attached hydrogens (tertiary/aromatic N) is 1. The molecule has 0 atom stereocenters. The zero-order valence-electron chi connectivity index (χ0n) is 8.40. The van der Waals surface area contributed by atoms with Crippen LogP contribution in [0.15, 0.2) is 36.0 Å². The third-order valence-electron chi connectivity index (χ3n) is 1.80. The van der Waals surface area contributed by atoms with Crippen LogP contribution in [0.5, 0.6) is 0 Å². The van der Waals surface area contributed by atoms with Crippen molar-refractivity contribution in [3.05, 3.63) is 41.1 Å². The Morgan fingerprint density at radius 1 is 1.50 bits per heavy atom. The second-order valence-electron chi connectivity index (χ2n) is 2.90. The number of rotatable bonds is 5. The number of hydrogen-bond donors (Lipinski definition) is 2. The first-order valence-corrected chi connectivity index (χ1v) is 4.93. The van der Waals surface area contributed by atoms with Crippen molar-refractivity contribution in [1.29, 1.82) is 5.26 Å². The highest BCUT2D eigenvalue weighted by molar-refractivity contribution is 6.33. The predicted octanol–water partition coefficient (Wildman–Crippen LogP) is 1.91. The van der Waals surface area contributed by atoms with Gasteiger partial charge in [0.25, 0.3) is 0 Å². The summed E-state index contributed by atoms with van der Waals surface area (Å²) in [5.74, 6) is 0. The SMILES string of the molecule is N#C/C(=C\Nc1ccccc1Cl)CNC=O. The van der Waals surface area contributed by atoms with Gasteiger partial charge in [-0.2, -0.15) is 5.26 Å². The molecule has 1 aromatic carbocycles. The van der Waals surface area contributed by atoms with Gasteiger partial charge in [0.15, 0.2) is 0 Å². The highest BCUT2D eigenvalue weighted by Crippen LogP contribution is 2.20. The first-order valence-electron chi connectivity index (χ1n) is 4.55. The van der Waals surface area contributed by atoms with E-state index in [1.807, 2.05) is 18.2 Å². The molecule has 0 unspecified atom stereocenters. The molecule has 0 saturated carbocycles. The minimum Gasteiger partial charge on any atom is -0.359 e. The number of anilines is 1. The van der Waals surface area contributed by atoms with E-state index in [1.54, 1.807) is 12.1 Å². The second-order valence-corrected chi connectivity index (χ2v) is 3.31. The van der Waals surface area contributed by atoms with Gasteiger partial charge in [-0.25, -0.2) is 0 Å². The molecule has 5 heteroatoms. The number of carbonyl (C=O) groups excluding carboxylic acids is 1. The predicted molar refractivity (Wildman–Crippen MR) is 62.8 cm³/mol. The van der Waals surface area contributed by atoms with Gasteiger partial charge in [0.1, 0.15) is 0 Å². The van der Waals surface area contributed by atoms with Crippen LogP contribution in [0, 0.1) is 11.3 Å². The number of halogens is 1. The molecule has 0 saturated heterocycles. The number of nitriles is 1. The van der Waals surface area contributed by atoms with Crippen molar-refractivity contribution in [3.63, 3.8) is 0 Å². The Hall–Kier alpha value is -1.99. The summed E-state index contributed by atoms with van der Waals surface area (Å²) >= 11 is 5.91. The molecule has 1 aromatic rings. The average molecular weight is 236 g/mol. The monoisotopic (exact) mass is 235 g/mol. The summed E-state index contributed by atoms with van der Waals surface area (Å²) in [4.78, 5) is 10.1. The summed E-state index contributed by atoms with van der Waals surface area (Å²) in [5, 5.41) is 14.6. The van der Waals surface area contributed by atoms with Gasteiger partial charge < -0.3 is 10.6 Å². The van der Waals surface area contributed by atoms with Gasteiger partial charge in [-0.1, -0.05) is 23.7 Å². The Kier molecular flexibility index (Phi) is 4.90. The first kappa shape index (κ1) is 12.1. The van der Waals surface area contributed by atoms with Crippen molar-refractivity contribution < 1.29 is 4.79 Å². The topological polar surface area (TPSA) is 64.9 Å². The van der Waals surface area contributed by atoms with Crippen LogP contribution in [-0.4, -0.2) is 13.0 Å². The summed E-state index contributed by atoms with van der Waals surface area (Å²) in [6.07, 6.45) is 2.05. The lowest BCUT2D eigenvalue weighted by Crippen LogP contribution is -2.14. The Morgan fingerprint density at radius 3 is 2.88 bits per heavy atom. The van der Waals surface area contributed by atoms with Gasteiger partial charge in [-0.05, 0) is 12.1 Å². The quantitative estimate of drug-likeness (QED) is 0.605. The number of para-hydroxylation sites is 1. The minimum atomic E-state index is 0.192. The molecule has 82 valence electrons. The molecular weight excluding hydrogens is 226 g/mol. The lowest BCUT2D eigenvalue weighted by molar-refractivity contribution is -0.109. The van der Waals surface area contributed by atoms with Gasteiger partial charge in [0, 0.05) is 6.20 Å². The Morgan fingerprint density at radius 2 is 2.25 bits per heavy atom. The molecule has 4 nitrogen and oxygen atoms in total. The maximum absolute atomic E-state index is 10.1. The largest absolute Gasteiger partial charge is 0.359 e. The molecule has 1 amide bonds. The van der Waals surface area contributed by atoms with E-state index >= 15 is 0 Å². The molecule has 0 aliphatic rings. The third-order valence-corrected chi connectivity index (χ3v) is 2.12. The number of carbonyl (C=O) groups is 1. The van der Waals surface area contributed by atoms with Crippen LogP contribution in [0.3, 0.4) is 0 Å². The van der Waals surface area contributed by atoms with E-state index in [1.165, 1.54) is 6.20 Å². The standard InChI is InChI=1S/C11H10ClN3O/c12-10-3-1-2-4-11(10)15-7-9(5-13)6-14-8-16/h1-4,7-8,15H,6H2,(H,14,16)/b9-7+. The van der Waals surface area contributed by atoms with E-state index in [0.717, 1.165) is 0 Å². The Labute approximate surface area is 98.5 Å². The summed E-state index contributed by atoms with van der Waals surface area (Å²) in [6, 6.07) is 9.14. The fourth-order valence-electron chi connectivity index (χ4n) is 1.02. The summed E-state index contributed by atoms with van der Waals surface area (Å²) in [6.45, 7) is 0.192. The molecule has 2 N–H and O–H groups in total.